The molecule has 5 nitrogen and oxygen atoms in total. The maximum absolute atomic E-state index is 10.1. The molecule has 0 unspecified atom stereocenters. The molecule has 0 heterocycles. The Morgan fingerprint density at radius 1 is 1.05 bits per heavy atom. The molecule has 1 aromatic rings. The molecule has 5 heteroatoms. The molecule has 0 aliphatic heterocycles. The number of phenolic OH excluding ortho intramolecular Hbond substituents is 1. The van der Waals surface area contributed by atoms with Crippen LogP contribution in [0.3, 0.4) is 0 Å². The highest BCUT2D eigenvalue weighted by molar-refractivity contribution is 5.45. The SMILES string of the molecule is COCCN(CCOC)Cc1cccc(OC)c1O. The number of para-hydroxylation sites is 1. The molecule has 0 spiro atoms. The standard InChI is InChI=1S/C14H23NO4/c1-17-9-7-15(8-10-18-2)11-12-5-4-6-13(19-3)14(12)16/h4-6,16H,7-11H2,1-3H3. The number of benzene rings is 1. The minimum atomic E-state index is 0.199. The van der Waals surface area contributed by atoms with Crippen LogP contribution in [0.4, 0.5) is 0 Å². The molecule has 0 radical (unpaired) electrons. The Hall–Kier alpha value is -1.30. The van der Waals surface area contributed by atoms with Crippen molar-refractivity contribution in [3.05, 3.63) is 23.8 Å². The van der Waals surface area contributed by atoms with Crippen molar-refractivity contribution in [1.82, 2.24) is 4.90 Å². The summed E-state index contributed by atoms with van der Waals surface area (Å²) < 4.78 is 15.3. The summed E-state index contributed by atoms with van der Waals surface area (Å²) in [5.74, 6) is 0.695. The fourth-order valence-electron chi connectivity index (χ4n) is 1.81. The van der Waals surface area contributed by atoms with Gasteiger partial charge in [-0.15, -0.1) is 0 Å². The van der Waals surface area contributed by atoms with Crippen molar-refractivity contribution in [2.24, 2.45) is 0 Å². The lowest BCUT2D eigenvalue weighted by Gasteiger charge is -2.22. The van der Waals surface area contributed by atoms with E-state index >= 15 is 0 Å². The van der Waals surface area contributed by atoms with E-state index in [1.165, 1.54) is 0 Å². The summed E-state index contributed by atoms with van der Waals surface area (Å²) in [5, 5.41) is 10.1. The van der Waals surface area contributed by atoms with Crippen molar-refractivity contribution in [2.45, 2.75) is 6.54 Å². The maximum atomic E-state index is 10.1. The first-order chi connectivity index (χ1) is 9.22. The molecule has 108 valence electrons. The summed E-state index contributed by atoms with van der Waals surface area (Å²) in [7, 11) is 4.90. The average Bonchev–Trinajstić information content (AvgIpc) is 2.43. The predicted octanol–water partition coefficient (Wildman–Crippen LogP) is 1.50. The van der Waals surface area contributed by atoms with Crippen molar-refractivity contribution in [1.29, 1.82) is 0 Å². The van der Waals surface area contributed by atoms with E-state index < -0.39 is 0 Å². The highest BCUT2D eigenvalue weighted by atomic mass is 16.5. The van der Waals surface area contributed by atoms with Crippen molar-refractivity contribution in [2.75, 3.05) is 47.6 Å². The monoisotopic (exact) mass is 269 g/mol. The van der Waals surface area contributed by atoms with Gasteiger partial charge in [0.2, 0.25) is 0 Å². The number of methoxy groups -OCH3 is 3. The third kappa shape index (κ3) is 5.06. The van der Waals surface area contributed by atoms with Crippen LogP contribution in [0.15, 0.2) is 18.2 Å². The first kappa shape index (κ1) is 15.8. The van der Waals surface area contributed by atoms with Gasteiger partial charge in [-0.05, 0) is 6.07 Å². The zero-order valence-corrected chi connectivity index (χ0v) is 11.9. The fourth-order valence-corrected chi connectivity index (χ4v) is 1.81. The van der Waals surface area contributed by atoms with Crippen LogP contribution in [0.25, 0.3) is 0 Å². The van der Waals surface area contributed by atoms with Gasteiger partial charge in [0.05, 0.1) is 20.3 Å². The van der Waals surface area contributed by atoms with Crippen molar-refractivity contribution >= 4 is 0 Å². The quantitative estimate of drug-likeness (QED) is 0.736. The molecule has 1 rings (SSSR count). The minimum Gasteiger partial charge on any atom is -0.504 e. The van der Waals surface area contributed by atoms with Gasteiger partial charge in [0, 0.05) is 39.4 Å². The molecule has 1 aromatic carbocycles. The molecule has 0 aromatic heterocycles. The number of ether oxygens (including phenoxy) is 3. The second kappa shape index (κ2) is 8.74. The van der Waals surface area contributed by atoms with Gasteiger partial charge in [0.15, 0.2) is 11.5 Å². The molecule has 1 N–H and O–H groups in total. The smallest absolute Gasteiger partial charge is 0.162 e. The highest BCUT2D eigenvalue weighted by Gasteiger charge is 2.11. The van der Waals surface area contributed by atoms with E-state index in [1.807, 2.05) is 12.1 Å². The zero-order chi connectivity index (χ0) is 14.1. The van der Waals surface area contributed by atoms with Gasteiger partial charge >= 0.3 is 0 Å². The number of hydrogen-bond donors (Lipinski definition) is 1. The van der Waals surface area contributed by atoms with Crippen molar-refractivity contribution in [3.8, 4) is 11.5 Å². The molecule has 0 fully saturated rings. The number of aromatic hydroxyl groups is 1. The molecule has 0 aliphatic rings. The second-order valence-corrected chi connectivity index (χ2v) is 4.23. The van der Waals surface area contributed by atoms with E-state index in [4.69, 9.17) is 14.2 Å². The summed E-state index contributed by atoms with van der Waals surface area (Å²) in [6.45, 7) is 3.51. The lowest BCUT2D eigenvalue weighted by molar-refractivity contribution is 0.109. The van der Waals surface area contributed by atoms with Crippen LogP contribution in [0.1, 0.15) is 5.56 Å². The summed E-state index contributed by atoms with van der Waals surface area (Å²) in [5.41, 5.74) is 0.839. The van der Waals surface area contributed by atoms with Crippen LogP contribution >= 0.6 is 0 Å². The molecular weight excluding hydrogens is 246 g/mol. The summed E-state index contributed by atoms with van der Waals surface area (Å²) in [6.07, 6.45) is 0. The summed E-state index contributed by atoms with van der Waals surface area (Å²) in [4.78, 5) is 2.17. The summed E-state index contributed by atoms with van der Waals surface area (Å²) in [6, 6.07) is 5.51. The van der Waals surface area contributed by atoms with E-state index in [1.54, 1.807) is 27.4 Å². The van der Waals surface area contributed by atoms with E-state index in [0.29, 0.717) is 25.5 Å². The Labute approximate surface area is 114 Å². The summed E-state index contributed by atoms with van der Waals surface area (Å²) >= 11 is 0. The molecule has 19 heavy (non-hydrogen) atoms. The topological polar surface area (TPSA) is 51.2 Å². The minimum absolute atomic E-state index is 0.199. The van der Waals surface area contributed by atoms with Gasteiger partial charge in [0.25, 0.3) is 0 Å². The van der Waals surface area contributed by atoms with Gasteiger partial charge in [-0.1, -0.05) is 12.1 Å². The van der Waals surface area contributed by atoms with Crippen LogP contribution < -0.4 is 4.74 Å². The Kier molecular flexibility index (Phi) is 7.25. The Morgan fingerprint density at radius 2 is 1.68 bits per heavy atom. The molecule has 0 aliphatic carbocycles. The number of phenols is 1. The lowest BCUT2D eigenvalue weighted by atomic mass is 10.1. The van der Waals surface area contributed by atoms with Crippen LogP contribution in [0, 0.1) is 0 Å². The third-order valence-corrected chi connectivity index (χ3v) is 2.92. The lowest BCUT2D eigenvalue weighted by Crippen LogP contribution is -2.30. The molecular formula is C14H23NO4. The normalized spacial score (nSPS) is 10.9. The van der Waals surface area contributed by atoms with Crippen molar-refractivity contribution < 1.29 is 19.3 Å². The van der Waals surface area contributed by atoms with Gasteiger partial charge in [-0.2, -0.15) is 0 Å². The van der Waals surface area contributed by atoms with Gasteiger partial charge in [-0.25, -0.2) is 0 Å². The van der Waals surface area contributed by atoms with E-state index in [-0.39, 0.29) is 5.75 Å². The Morgan fingerprint density at radius 3 is 2.21 bits per heavy atom. The number of nitrogens with zero attached hydrogens (tertiary/aromatic N) is 1. The molecule has 0 atom stereocenters. The average molecular weight is 269 g/mol. The van der Waals surface area contributed by atoms with E-state index in [9.17, 15) is 5.11 Å². The fraction of sp³-hybridized carbons (Fsp3) is 0.571. The first-order valence-corrected chi connectivity index (χ1v) is 6.28. The van der Waals surface area contributed by atoms with Gasteiger partial charge in [0.1, 0.15) is 0 Å². The third-order valence-electron chi connectivity index (χ3n) is 2.92. The molecule has 0 saturated heterocycles. The van der Waals surface area contributed by atoms with Crippen LogP contribution in [0.5, 0.6) is 11.5 Å². The van der Waals surface area contributed by atoms with Gasteiger partial charge in [-0.3, -0.25) is 4.90 Å². The Bertz CT molecular complexity index is 362. The maximum Gasteiger partial charge on any atom is 0.162 e. The molecule has 0 bridgehead atoms. The van der Waals surface area contributed by atoms with E-state index in [0.717, 1.165) is 18.7 Å². The molecule has 0 amide bonds. The number of rotatable bonds is 9. The largest absolute Gasteiger partial charge is 0.504 e. The number of hydrogen-bond acceptors (Lipinski definition) is 5. The second-order valence-electron chi connectivity index (χ2n) is 4.23. The molecule has 0 saturated carbocycles. The van der Waals surface area contributed by atoms with E-state index in [2.05, 4.69) is 4.90 Å². The van der Waals surface area contributed by atoms with Gasteiger partial charge < -0.3 is 19.3 Å². The van der Waals surface area contributed by atoms with Crippen molar-refractivity contribution in [3.63, 3.8) is 0 Å². The Balaban J connectivity index is 2.71. The van der Waals surface area contributed by atoms with Crippen LogP contribution in [-0.2, 0) is 16.0 Å². The zero-order valence-electron chi connectivity index (χ0n) is 11.9. The predicted molar refractivity (Wildman–Crippen MR) is 73.7 cm³/mol. The van der Waals surface area contributed by atoms with Crippen LogP contribution in [-0.4, -0.2) is 57.6 Å². The highest BCUT2D eigenvalue weighted by Crippen LogP contribution is 2.30. The van der Waals surface area contributed by atoms with Crippen LogP contribution in [0.2, 0.25) is 0 Å². The first-order valence-electron chi connectivity index (χ1n) is 6.28.